The van der Waals surface area contributed by atoms with Crippen molar-refractivity contribution < 1.29 is 9.72 Å². The number of benzene rings is 2. The van der Waals surface area contributed by atoms with E-state index in [1.54, 1.807) is 30.0 Å². The third kappa shape index (κ3) is 2.02. The molecule has 1 heterocycles. The largest absolute Gasteiger partial charge is 0.289 e. The molecule has 0 bridgehead atoms. The molecule has 4 nitrogen and oxygen atoms in total. The van der Waals surface area contributed by atoms with E-state index in [0.29, 0.717) is 16.9 Å². The first kappa shape index (κ1) is 11.9. The van der Waals surface area contributed by atoms with Gasteiger partial charge >= 0.3 is 0 Å². The zero-order chi connectivity index (χ0) is 13.4. The summed E-state index contributed by atoms with van der Waals surface area (Å²) in [5.41, 5.74) is 1.85. The van der Waals surface area contributed by atoms with Crippen LogP contribution in [0.1, 0.15) is 21.5 Å². The Hall–Kier alpha value is -2.14. The van der Waals surface area contributed by atoms with Crippen molar-refractivity contribution in [2.75, 3.05) is 0 Å². The van der Waals surface area contributed by atoms with Crippen LogP contribution in [0.5, 0.6) is 0 Å². The number of rotatable bonds is 1. The van der Waals surface area contributed by atoms with Crippen LogP contribution < -0.4 is 0 Å². The Morgan fingerprint density at radius 2 is 1.89 bits per heavy atom. The Labute approximate surface area is 113 Å². The number of fused-ring (bicyclic) bond motifs is 2. The van der Waals surface area contributed by atoms with Crippen LogP contribution in [0.2, 0.25) is 0 Å². The summed E-state index contributed by atoms with van der Waals surface area (Å²) in [5.74, 6) is 0.509. The molecule has 2 aromatic carbocycles. The molecule has 3 rings (SSSR count). The van der Waals surface area contributed by atoms with Gasteiger partial charge in [-0.05, 0) is 17.7 Å². The van der Waals surface area contributed by atoms with Crippen LogP contribution in [0.3, 0.4) is 0 Å². The third-order valence-electron chi connectivity index (χ3n) is 3.06. The number of carbonyl (C=O) groups excluding carboxylic acids is 1. The molecule has 1 aliphatic heterocycles. The predicted molar refractivity (Wildman–Crippen MR) is 72.5 cm³/mol. The third-order valence-corrected chi connectivity index (χ3v) is 4.19. The number of thioether (sulfide) groups is 1. The minimum atomic E-state index is -0.475. The maximum absolute atomic E-state index is 12.5. The van der Waals surface area contributed by atoms with Crippen LogP contribution in [-0.2, 0) is 5.75 Å². The number of carbonyl (C=O) groups is 1. The number of nitrogens with zero attached hydrogens (tertiary/aromatic N) is 1. The highest BCUT2D eigenvalue weighted by Crippen LogP contribution is 2.34. The van der Waals surface area contributed by atoms with Crippen LogP contribution in [-0.4, -0.2) is 10.7 Å². The van der Waals surface area contributed by atoms with Crippen LogP contribution in [0.15, 0.2) is 47.4 Å². The predicted octanol–water partition coefficient (Wildman–Crippen LogP) is 3.43. The zero-order valence-corrected chi connectivity index (χ0v) is 10.6. The van der Waals surface area contributed by atoms with E-state index < -0.39 is 4.92 Å². The monoisotopic (exact) mass is 271 g/mol. The molecular weight excluding hydrogens is 262 g/mol. The minimum absolute atomic E-state index is 0.0449. The standard InChI is InChI=1S/C14H9NO3S/c16-14-11-3-1-2-4-13(11)19-8-9-5-6-10(15(17)18)7-12(9)14/h1-7H,8H2. The molecular formula is C14H9NO3S. The molecule has 0 saturated heterocycles. The molecule has 5 heteroatoms. The first-order valence-electron chi connectivity index (χ1n) is 5.70. The topological polar surface area (TPSA) is 60.2 Å². The van der Waals surface area contributed by atoms with E-state index in [4.69, 9.17) is 0 Å². The first-order chi connectivity index (χ1) is 9.16. The Kier molecular flexibility index (Phi) is 2.83. The molecule has 94 valence electrons. The van der Waals surface area contributed by atoms with Gasteiger partial charge in [0.2, 0.25) is 0 Å². The van der Waals surface area contributed by atoms with E-state index >= 15 is 0 Å². The lowest BCUT2D eigenvalue weighted by molar-refractivity contribution is -0.384. The highest BCUT2D eigenvalue weighted by molar-refractivity contribution is 7.98. The minimum Gasteiger partial charge on any atom is -0.289 e. The van der Waals surface area contributed by atoms with Gasteiger partial charge in [0.15, 0.2) is 5.78 Å². The molecule has 0 atom stereocenters. The van der Waals surface area contributed by atoms with Crippen molar-refractivity contribution in [2.24, 2.45) is 0 Å². The normalized spacial score (nSPS) is 13.4. The molecule has 2 aromatic rings. The van der Waals surface area contributed by atoms with E-state index in [2.05, 4.69) is 0 Å². The van der Waals surface area contributed by atoms with Gasteiger partial charge in [0, 0.05) is 33.9 Å². The average molecular weight is 271 g/mol. The molecule has 0 aromatic heterocycles. The van der Waals surface area contributed by atoms with E-state index in [0.717, 1.165) is 10.5 Å². The number of non-ortho nitro benzene ring substituents is 1. The van der Waals surface area contributed by atoms with Crippen LogP contribution in [0, 0.1) is 10.1 Å². The van der Waals surface area contributed by atoms with Gasteiger partial charge in [-0.3, -0.25) is 14.9 Å². The van der Waals surface area contributed by atoms with Crippen molar-refractivity contribution in [3.63, 3.8) is 0 Å². The summed E-state index contributed by atoms with van der Waals surface area (Å²) in [6, 6.07) is 11.8. The molecule has 0 radical (unpaired) electrons. The number of ketones is 1. The molecule has 0 unspecified atom stereocenters. The van der Waals surface area contributed by atoms with Gasteiger partial charge in [0.05, 0.1) is 4.92 Å². The van der Waals surface area contributed by atoms with E-state index in [1.165, 1.54) is 12.1 Å². The van der Waals surface area contributed by atoms with Crippen molar-refractivity contribution in [3.8, 4) is 0 Å². The quantitative estimate of drug-likeness (QED) is 0.589. The lowest BCUT2D eigenvalue weighted by Gasteiger charge is -2.04. The number of nitro benzene ring substituents is 1. The van der Waals surface area contributed by atoms with Gasteiger partial charge in [-0.2, -0.15) is 0 Å². The zero-order valence-electron chi connectivity index (χ0n) is 9.83. The van der Waals surface area contributed by atoms with Crippen LogP contribution in [0.25, 0.3) is 0 Å². The van der Waals surface area contributed by atoms with Gasteiger partial charge in [-0.15, -0.1) is 11.8 Å². The number of nitro groups is 1. The summed E-state index contributed by atoms with van der Waals surface area (Å²) >= 11 is 1.58. The van der Waals surface area contributed by atoms with Gasteiger partial charge in [0.25, 0.3) is 5.69 Å². The average Bonchev–Trinajstić information content (AvgIpc) is 2.57. The van der Waals surface area contributed by atoms with Crippen LogP contribution in [0.4, 0.5) is 5.69 Å². The van der Waals surface area contributed by atoms with Crippen molar-refractivity contribution in [3.05, 3.63) is 69.3 Å². The second-order valence-electron chi connectivity index (χ2n) is 4.21. The maximum Gasteiger partial charge on any atom is 0.270 e. The summed E-state index contributed by atoms with van der Waals surface area (Å²) < 4.78 is 0. The second-order valence-corrected chi connectivity index (χ2v) is 5.23. The smallest absolute Gasteiger partial charge is 0.270 e. The van der Waals surface area contributed by atoms with Crippen molar-refractivity contribution in [1.82, 2.24) is 0 Å². The summed E-state index contributed by atoms with van der Waals surface area (Å²) in [5, 5.41) is 10.8. The van der Waals surface area contributed by atoms with Crippen LogP contribution >= 0.6 is 11.8 Å². The number of hydrogen-bond donors (Lipinski definition) is 0. The van der Waals surface area contributed by atoms with Gasteiger partial charge < -0.3 is 0 Å². The Morgan fingerprint density at radius 1 is 1.11 bits per heavy atom. The molecule has 0 fully saturated rings. The lowest BCUT2D eigenvalue weighted by atomic mass is 9.98. The van der Waals surface area contributed by atoms with E-state index in [-0.39, 0.29) is 11.5 Å². The fourth-order valence-corrected chi connectivity index (χ4v) is 3.15. The molecule has 0 N–H and O–H groups in total. The summed E-state index contributed by atoms with van der Waals surface area (Å²) in [6.45, 7) is 0. The Balaban J connectivity index is 2.18. The Morgan fingerprint density at radius 3 is 2.68 bits per heavy atom. The van der Waals surface area contributed by atoms with Crippen molar-refractivity contribution >= 4 is 23.2 Å². The van der Waals surface area contributed by atoms with Gasteiger partial charge in [-0.25, -0.2) is 0 Å². The molecule has 0 spiro atoms. The molecule has 0 saturated carbocycles. The molecule has 1 aliphatic rings. The molecule has 19 heavy (non-hydrogen) atoms. The second kappa shape index (κ2) is 4.51. The number of hydrogen-bond acceptors (Lipinski definition) is 4. The summed E-state index contributed by atoms with van der Waals surface area (Å²) in [4.78, 5) is 23.7. The fourth-order valence-electron chi connectivity index (χ4n) is 2.10. The van der Waals surface area contributed by atoms with Gasteiger partial charge in [-0.1, -0.05) is 18.2 Å². The first-order valence-corrected chi connectivity index (χ1v) is 6.69. The molecule has 0 aliphatic carbocycles. The Bertz CT molecular complexity index is 697. The fraction of sp³-hybridized carbons (Fsp3) is 0.0714. The highest BCUT2D eigenvalue weighted by atomic mass is 32.2. The van der Waals surface area contributed by atoms with Crippen molar-refractivity contribution in [2.45, 2.75) is 10.6 Å². The summed E-state index contributed by atoms with van der Waals surface area (Å²) in [6.07, 6.45) is 0. The maximum atomic E-state index is 12.5. The highest BCUT2D eigenvalue weighted by Gasteiger charge is 2.23. The van der Waals surface area contributed by atoms with Crippen molar-refractivity contribution in [1.29, 1.82) is 0 Å². The SMILES string of the molecule is O=C1c2cc([N+](=O)[O-])ccc2CSc2ccccc21. The van der Waals surface area contributed by atoms with E-state index in [1.807, 2.05) is 12.1 Å². The molecule has 0 amide bonds. The summed E-state index contributed by atoms with van der Waals surface area (Å²) in [7, 11) is 0. The van der Waals surface area contributed by atoms with E-state index in [9.17, 15) is 14.9 Å². The van der Waals surface area contributed by atoms with Gasteiger partial charge in [0.1, 0.15) is 0 Å². The lowest BCUT2D eigenvalue weighted by Crippen LogP contribution is -2.04.